The first kappa shape index (κ1) is 24.0. The Morgan fingerprint density at radius 1 is 1.28 bits per heavy atom. The summed E-state index contributed by atoms with van der Waals surface area (Å²) in [6.07, 6.45) is -0.303. The molecule has 0 bridgehead atoms. The topological polar surface area (TPSA) is 52.8 Å². The summed E-state index contributed by atoms with van der Waals surface area (Å²) in [5, 5.41) is 8.60. The number of hydrogen-bond acceptors (Lipinski definition) is 4. The molecule has 1 fully saturated rings. The number of hydrogen-bond donors (Lipinski definition) is 2. The predicted octanol–water partition coefficient (Wildman–Crippen LogP) is 3.92. The zero-order valence-electron chi connectivity index (χ0n) is 16.0. The number of nitrogens with zero attached hydrogens (tertiary/aromatic N) is 2. The van der Waals surface area contributed by atoms with Crippen molar-refractivity contribution in [3.05, 3.63) is 46.5 Å². The summed E-state index contributed by atoms with van der Waals surface area (Å²) < 4.78 is 43.1. The van der Waals surface area contributed by atoms with Gasteiger partial charge in [0.15, 0.2) is 5.96 Å². The summed E-state index contributed by atoms with van der Waals surface area (Å²) in [4.78, 5) is 7.30. The van der Waals surface area contributed by atoms with Crippen LogP contribution in [0, 0.1) is 0 Å². The van der Waals surface area contributed by atoms with Gasteiger partial charge in [0.05, 0.1) is 12.8 Å². The molecule has 0 aliphatic carbocycles. The van der Waals surface area contributed by atoms with Crippen LogP contribution in [-0.2, 0) is 12.8 Å². The van der Waals surface area contributed by atoms with E-state index >= 15 is 0 Å². The minimum absolute atomic E-state index is 0. The monoisotopic (exact) mass is 542 g/mol. The maximum Gasteiger partial charge on any atom is 0.401 e. The van der Waals surface area contributed by atoms with Crippen LogP contribution in [0.3, 0.4) is 0 Å². The van der Waals surface area contributed by atoms with Crippen molar-refractivity contribution in [3.63, 3.8) is 0 Å². The zero-order valence-corrected chi connectivity index (χ0v) is 19.1. The molecule has 3 heterocycles. The Hall–Kier alpha value is -1.27. The van der Waals surface area contributed by atoms with Crippen molar-refractivity contribution in [1.29, 1.82) is 0 Å². The Balaban J connectivity index is 0.00000300. The van der Waals surface area contributed by atoms with Crippen LogP contribution >= 0.6 is 35.3 Å². The summed E-state index contributed by atoms with van der Waals surface area (Å²) in [5.74, 6) is 1.52. The number of halogens is 4. The molecular formula is C19H26F3IN4OS. The molecule has 3 rings (SSSR count). The lowest BCUT2D eigenvalue weighted by Gasteiger charge is -2.20. The highest BCUT2D eigenvalue weighted by atomic mass is 127. The summed E-state index contributed by atoms with van der Waals surface area (Å²) in [7, 11) is 0. The van der Waals surface area contributed by atoms with Crippen LogP contribution in [0.5, 0.6) is 0 Å². The maximum absolute atomic E-state index is 12.6. The fourth-order valence-corrected chi connectivity index (χ4v) is 3.88. The standard InChI is InChI=1S/C19H25F3N4OS.HI/c20-19(21,22)14-26-10-7-15(13-26)25-18(23-8-5-16-3-1-11-27-16)24-9-6-17-4-2-12-28-17;/h1-4,11-12,15H,5-10,13-14H2,(H2,23,24,25);1H. The van der Waals surface area contributed by atoms with Gasteiger partial charge in [0.25, 0.3) is 0 Å². The van der Waals surface area contributed by atoms with E-state index in [9.17, 15) is 13.2 Å². The molecule has 1 unspecified atom stereocenters. The quantitative estimate of drug-likeness (QED) is 0.302. The number of guanidine groups is 1. The fraction of sp³-hybridized carbons (Fsp3) is 0.526. The third-order valence-corrected chi connectivity index (χ3v) is 5.40. The normalized spacial score (nSPS) is 17.9. The second kappa shape index (κ2) is 11.8. The lowest BCUT2D eigenvalue weighted by atomic mass is 10.2. The Labute approximate surface area is 189 Å². The Morgan fingerprint density at radius 2 is 2.14 bits per heavy atom. The van der Waals surface area contributed by atoms with Crippen LogP contribution in [0.1, 0.15) is 17.1 Å². The largest absolute Gasteiger partial charge is 0.469 e. The Morgan fingerprint density at radius 3 is 2.83 bits per heavy atom. The highest BCUT2D eigenvalue weighted by molar-refractivity contribution is 14.0. The Bertz CT molecular complexity index is 722. The average molecular weight is 542 g/mol. The van der Waals surface area contributed by atoms with Crippen LogP contribution in [0.25, 0.3) is 0 Å². The molecule has 0 spiro atoms. The number of thiophene rings is 1. The molecular weight excluding hydrogens is 516 g/mol. The van der Waals surface area contributed by atoms with E-state index in [2.05, 4.69) is 21.7 Å². The van der Waals surface area contributed by atoms with Crippen LogP contribution < -0.4 is 10.6 Å². The first-order valence-electron chi connectivity index (χ1n) is 9.37. The van der Waals surface area contributed by atoms with Crippen molar-refractivity contribution in [2.75, 3.05) is 32.7 Å². The maximum atomic E-state index is 12.6. The summed E-state index contributed by atoms with van der Waals surface area (Å²) in [6, 6.07) is 7.80. The first-order valence-corrected chi connectivity index (χ1v) is 10.2. The van der Waals surface area contributed by atoms with Gasteiger partial charge in [-0.25, -0.2) is 0 Å². The molecule has 1 atom stereocenters. The molecule has 5 nitrogen and oxygen atoms in total. The lowest BCUT2D eigenvalue weighted by molar-refractivity contribution is -0.143. The van der Waals surface area contributed by atoms with Gasteiger partial charge in [-0.3, -0.25) is 9.89 Å². The van der Waals surface area contributed by atoms with Gasteiger partial charge >= 0.3 is 6.18 Å². The van der Waals surface area contributed by atoms with Crippen LogP contribution in [0.2, 0.25) is 0 Å². The third-order valence-electron chi connectivity index (χ3n) is 4.47. The predicted molar refractivity (Wildman–Crippen MR) is 120 cm³/mol. The summed E-state index contributed by atoms with van der Waals surface area (Å²) >= 11 is 1.69. The lowest BCUT2D eigenvalue weighted by Crippen LogP contribution is -2.45. The van der Waals surface area contributed by atoms with E-state index in [0.29, 0.717) is 45.0 Å². The molecule has 2 N–H and O–H groups in total. The van der Waals surface area contributed by atoms with Crippen molar-refractivity contribution < 1.29 is 17.6 Å². The van der Waals surface area contributed by atoms with Crippen molar-refractivity contribution in [1.82, 2.24) is 15.5 Å². The van der Waals surface area contributed by atoms with Gasteiger partial charge in [-0.05, 0) is 30.0 Å². The SMILES string of the molecule is FC(F)(F)CN1CCC(NC(=NCCc2cccs2)NCCc2ccco2)C1.I. The molecule has 0 saturated carbocycles. The summed E-state index contributed by atoms with van der Waals surface area (Å²) in [6.45, 7) is 1.20. The van der Waals surface area contributed by atoms with Crippen LogP contribution in [0.4, 0.5) is 13.2 Å². The minimum Gasteiger partial charge on any atom is -0.469 e. The van der Waals surface area contributed by atoms with Crippen molar-refractivity contribution in [2.45, 2.75) is 31.5 Å². The highest BCUT2D eigenvalue weighted by Crippen LogP contribution is 2.20. The Kier molecular flexibility index (Phi) is 9.76. The van der Waals surface area contributed by atoms with E-state index in [1.165, 1.54) is 9.78 Å². The molecule has 10 heteroatoms. The van der Waals surface area contributed by atoms with Crippen molar-refractivity contribution in [2.24, 2.45) is 4.99 Å². The third kappa shape index (κ3) is 8.95. The van der Waals surface area contributed by atoms with E-state index in [-0.39, 0.29) is 30.0 Å². The smallest absolute Gasteiger partial charge is 0.401 e. The van der Waals surface area contributed by atoms with E-state index in [1.54, 1.807) is 17.6 Å². The minimum atomic E-state index is -4.16. The van der Waals surface area contributed by atoms with E-state index in [4.69, 9.17) is 4.42 Å². The van der Waals surface area contributed by atoms with Gasteiger partial charge in [0.1, 0.15) is 5.76 Å². The van der Waals surface area contributed by atoms with Gasteiger partial charge < -0.3 is 15.1 Å². The average Bonchev–Trinajstić information content (AvgIpc) is 3.36. The molecule has 2 aromatic rings. The number of furan rings is 1. The van der Waals surface area contributed by atoms with Gasteiger partial charge in [0, 0.05) is 49.9 Å². The van der Waals surface area contributed by atoms with E-state index < -0.39 is 12.7 Å². The molecule has 0 radical (unpaired) electrons. The zero-order chi connectivity index (χ0) is 19.8. The van der Waals surface area contributed by atoms with Crippen molar-refractivity contribution >= 4 is 41.3 Å². The van der Waals surface area contributed by atoms with E-state index in [1.807, 2.05) is 23.6 Å². The van der Waals surface area contributed by atoms with Crippen molar-refractivity contribution in [3.8, 4) is 0 Å². The molecule has 1 aliphatic heterocycles. The number of likely N-dealkylation sites (tertiary alicyclic amines) is 1. The molecule has 1 saturated heterocycles. The fourth-order valence-electron chi connectivity index (χ4n) is 3.19. The number of rotatable bonds is 8. The van der Waals surface area contributed by atoms with Crippen LogP contribution in [0.15, 0.2) is 45.3 Å². The molecule has 0 amide bonds. The molecule has 1 aliphatic rings. The van der Waals surface area contributed by atoms with E-state index in [0.717, 1.165) is 12.2 Å². The number of alkyl halides is 3. The summed E-state index contributed by atoms with van der Waals surface area (Å²) in [5.41, 5.74) is 0. The second-order valence-corrected chi connectivity index (χ2v) is 7.83. The number of nitrogens with one attached hydrogen (secondary N) is 2. The molecule has 0 aromatic carbocycles. The molecule has 162 valence electrons. The highest BCUT2D eigenvalue weighted by Gasteiger charge is 2.34. The second-order valence-electron chi connectivity index (χ2n) is 6.80. The number of aliphatic imine (C=N–C) groups is 1. The first-order chi connectivity index (χ1) is 13.5. The molecule has 2 aromatic heterocycles. The van der Waals surface area contributed by atoms with Gasteiger partial charge in [-0.15, -0.1) is 35.3 Å². The van der Waals surface area contributed by atoms with Gasteiger partial charge in [0.2, 0.25) is 0 Å². The molecule has 29 heavy (non-hydrogen) atoms. The van der Waals surface area contributed by atoms with Gasteiger partial charge in [-0.1, -0.05) is 6.07 Å². The van der Waals surface area contributed by atoms with Gasteiger partial charge in [-0.2, -0.15) is 13.2 Å². The van der Waals surface area contributed by atoms with Crippen LogP contribution in [-0.4, -0.2) is 55.8 Å².